The van der Waals surface area contributed by atoms with Gasteiger partial charge in [0.25, 0.3) is 0 Å². The Hall–Kier alpha value is -1.53. The van der Waals surface area contributed by atoms with Gasteiger partial charge in [0.1, 0.15) is 5.57 Å². The summed E-state index contributed by atoms with van der Waals surface area (Å²) in [4.78, 5) is 20.3. The van der Waals surface area contributed by atoms with Gasteiger partial charge in [-0.05, 0) is 0 Å². The number of ether oxygens (including phenoxy) is 1. The van der Waals surface area contributed by atoms with Crippen molar-refractivity contribution in [3.8, 4) is 0 Å². The molecule has 4 nitrogen and oxygen atoms in total. The molecule has 0 rings (SSSR count). The van der Waals surface area contributed by atoms with E-state index in [1.165, 1.54) is 0 Å². The lowest BCUT2D eigenvalue weighted by Crippen LogP contribution is -2.22. The molecule has 0 bridgehead atoms. The third kappa shape index (κ3) is 3.59. The predicted octanol–water partition coefficient (Wildman–Crippen LogP) is 0.733. The average molecular weight is 198 g/mol. The molecule has 0 aliphatic heterocycles. The zero-order valence-electron chi connectivity index (χ0n) is 6.38. The average Bonchev–Trinajstić information content (AvgIpc) is 1.96. The van der Waals surface area contributed by atoms with Crippen LogP contribution in [0.4, 0.5) is 13.2 Å². The minimum atomic E-state index is -5.02. The summed E-state index contributed by atoms with van der Waals surface area (Å²) in [6.45, 7) is 0. The molecule has 0 spiro atoms. The first-order chi connectivity index (χ1) is 5.79. The molecule has 0 aromatic rings. The van der Waals surface area contributed by atoms with Crippen molar-refractivity contribution in [2.75, 3.05) is 7.11 Å². The van der Waals surface area contributed by atoms with E-state index in [1.807, 2.05) is 0 Å². The summed E-state index contributed by atoms with van der Waals surface area (Å²) in [5, 5.41) is 8.01. The van der Waals surface area contributed by atoms with Crippen LogP contribution in [0.2, 0.25) is 0 Å². The smallest absolute Gasteiger partial charge is 0.423 e. The van der Waals surface area contributed by atoms with Gasteiger partial charge in [0, 0.05) is 6.08 Å². The maximum absolute atomic E-state index is 11.9. The second-order valence-corrected chi connectivity index (χ2v) is 1.89. The van der Waals surface area contributed by atoms with Crippen molar-refractivity contribution in [3.63, 3.8) is 0 Å². The van der Waals surface area contributed by atoms with Gasteiger partial charge in [-0.3, -0.25) is 0 Å². The molecular weight excluding hydrogens is 193 g/mol. The number of alkyl halides is 3. The Bertz CT molecular complexity index is 253. The molecule has 0 heterocycles. The van der Waals surface area contributed by atoms with E-state index in [2.05, 4.69) is 4.74 Å². The molecule has 0 unspecified atom stereocenters. The number of rotatable bonds is 2. The number of carboxylic acid groups (broad SMARTS) is 1. The molecule has 13 heavy (non-hydrogen) atoms. The van der Waals surface area contributed by atoms with Crippen molar-refractivity contribution in [2.24, 2.45) is 0 Å². The molecule has 7 heteroatoms. The first kappa shape index (κ1) is 11.5. The number of carbonyl (C=O) groups is 2. The molecule has 0 fully saturated rings. The van der Waals surface area contributed by atoms with Crippen LogP contribution in [0.3, 0.4) is 0 Å². The van der Waals surface area contributed by atoms with Gasteiger partial charge in [-0.1, -0.05) is 0 Å². The number of esters is 1. The fourth-order valence-corrected chi connectivity index (χ4v) is 0.490. The van der Waals surface area contributed by atoms with Crippen LogP contribution in [0.15, 0.2) is 11.6 Å². The van der Waals surface area contributed by atoms with E-state index in [1.54, 1.807) is 0 Å². The van der Waals surface area contributed by atoms with Crippen molar-refractivity contribution in [1.29, 1.82) is 0 Å². The summed E-state index contributed by atoms with van der Waals surface area (Å²) in [5.74, 6) is -3.59. The zero-order valence-corrected chi connectivity index (χ0v) is 6.38. The molecule has 0 saturated heterocycles. The summed E-state index contributed by atoms with van der Waals surface area (Å²) >= 11 is 0. The summed E-state index contributed by atoms with van der Waals surface area (Å²) < 4.78 is 39.4. The number of aliphatic carboxylic acids is 1. The van der Waals surface area contributed by atoms with Crippen LogP contribution in [0.1, 0.15) is 0 Å². The highest BCUT2D eigenvalue weighted by molar-refractivity contribution is 5.96. The Labute approximate surface area is 70.6 Å². The van der Waals surface area contributed by atoms with Crippen LogP contribution in [-0.4, -0.2) is 30.3 Å². The minimum absolute atomic E-state index is 0.244. The molecule has 0 aliphatic carbocycles. The van der Waals surface area contributed by atoms with Gasteiger partial charge >= 0.3 is 18.1 Å². The maximum Gasteiger partial charge on any atom is 0.423 e. The van der Waals surface area contributed by atoms with Crippen molar-refractivity contribution in [2.45, 2.75) is 6.18 Å². The Morgan fingerprint density at radius 2 is 1.85 bits per heavy atom. The molecule has 1 N–H and O–H groups in total. The molecular formula is C6H5F3O4. The van der Waals surface area contributed by atoms with Gasteiger partial charge < -0.3 is 9.84 Å². The predicted molar refractivity (Wildman–Crippen MR) is 33.8 cm³/mol. The fraction of sp³-hybridized carbons (Fsp3) is 0.333. The normalized spacial score (nSPS) is 12.5. The van der Waals surface area contributed by atoms with Gasteiger partial charge in [0.05, 0.1) is 7.11 Å². The van der Waals surface area contributed by atoms with Gasteiger partial charge in [-0.25, -0.2) is 9.59 Å². The first-order valence-corrected chi connectivity index (χ1v) is 2.89. The van der Waals surface area contributed by atoms with Crippen LogP contribution < -0.4 is 0 Å². The maximum atomic E-state index is 11.9. The highest BCUT2D eigenvalue weighted by atomic mass is 19.4. The van der Waals surface area contributed by atoms with Gasteiger partial charge in [-0.15, -0.1) is 0 Å². The molecule has 0 atom stereocenters. The van der Waals surface area contributed by atoms with Crippen molar-refractivity contribution in [3.05, 3.63) is 11.6 Å². The largest absolute Gasteiger partial charge is 0.478 e. The van der Waals surface area contributed by atoms with Crippen molar-refractivity contribution < 1.29 is 32.6 Å². The van der Waals surface area contributed by atoms with Gasteiger partial charge in [-0.2, -0.15) is 13.2 Å². The number of carboxylic acids is 1. The van der Waals surface area contributed by atoms with Crippen LogP contribution in [-0.2, 0) is 14.3 Å². The van der Waals surface area contributed by atoms with Crippen LogP contribution in [0, 0.1) is 0 Å². The van der Waals surface area contributed by atoms with E-state index in [9.17, 15) is 22.8 Å². The van der Waals surface area contributed by atoms with E-state index in [0.29, 0.717) is 0 Å². The van der Waals surface area contributed by atoms with Crippen molar-refractivity contribution in [1.82, 2.24) is 0 Å². The molecule has 0 saturated carbocycles. The molecule has 0 radical (unpaired) electrons. The van der Waals surface area contributed by atoms with Crippen LogP contribution in [0.25, 0.3) is 0 Å². The number of methoxy groups -OCH3 is 1. The van der Waals surface area contributed by atoms with E-state index >= 15 is 0 Å². The van der Waals surface area contributed by atoms with E-state index in [-0.39, 0.29) is 6.08 Å². The fourth-order valence-electron chi connectivity index (χ4n) is 0.490. The summed E-state index contributed by atoms with van der Waals surface area (Å²) in [6.07, 6.45) is -5.27. The Balaban J connectivity index is 4.99. The highest BCUT2D eigenvalue weighted by Gasteiger charge is 2.40. The van der Waals surface area contributed by atoms with E-state index in [0.717, 1.165) is 7.11 Å². The molecule has 0 aliphatic rings. The summed E-state index contributed by atoms with van der Waals surface area (Å²) in [5.41, 5.74) is -1.84. The number of hydrogen-bond donors (Lipinski definition) is 1. The highest BCUT2D eigenvalue weighted by Crippen LogP contribution is 2.26. The monoisotopic (exact) mass is 198 g/mol. The van der Waals surface area contributed by atoms with Gasteiger partial charge in [0.2, 0.25) is 0 Å². The number of hydrogen-bond acceptors (Lipinski definition) is 3. The lowest BCUT2D eigenvalue weighted by Gasteiger charge is -2.07. The topological polar surface area (TPSA) is 63.6 Å². The van der Waals surface area contributed by atoms with Crippen molar-refractivity contribution >= 4 is 11.9 Å². The molecule has 0 aromatic carbocycles. The number of halogens is 3. The van der Waals surface area contributed by atoms with E-state index in [4.69, 9.17) is 5.11 Å². The third-order valence-corrected chi connectivity index (χ3v) is 0.979. The lowest BCUT2D eigenvalue weighted by atomic mass is 10.2. The molecule has 0 aromatic heterocycles. The third-order valence-electron chi connectivity index (χ3n) is 0.979. The van der Waals surface area contributed by atoms with Gasteiger partial charge in [0.15, 0.2) is 0 Å². The zero-order chi connectivity index (χ0) is 10.6. The SMILES string of the molecule is COC(=O)/C(=C\C(=O)O)C(F)(F)F. The standard InChI is InChI=1S/C6H5F3O4/c1-13-5(12)3(2-4(10)11)6(7,8)9/h2H,1H3,(H,10,11)/b3-2+. The first-order valence-electron chi connectivity index (χ1n) is 2.89. The van der Waals surface area contributed by atoms with E-state index < -0.39 is 23.7 Å². The lowest BCUT2D eigenvalue weighted by molar-refractivity contribution is -0.149. The summed E-state index contributed by atoms with van der Waals surface area (Å²) in [7, 11) is 0.726. The second kappa shape index (κ2) is 3.92. The summed E-state index contributed by atoms with van der Waals surface area (Å²) in [6, 6.07) is 0. The van der Waals surface area contributed by atoms with Crippen LogP contribution >= 0.6 is 0 Å². The molecule has 74 valence electrons. The number of carbonyl (C=O) groups excluding carboxylic acids is 1. The Morgan fingerprint density at radius 3 is 2.08 bits per heavy atom. The van der Waals surface area contributed by atoms with Crippen LogP contribution in [0.5, 0.6) is 0 Å². The second-order valence-electron chi connectivity index (χ2n) is 1.89. The Morgan fingerprint density at radius 1 is 1.38 bits per heavy atom. The minimum Gasteiger partial charge on any atom is -0.478 e. The quantitative estimate of drug-likeness (QED) is 0.524. The molecule has 0 amide bonds. The Kier molecular flexibility index (Phi) is 3.46.